The third kappa shape index (κ3) is 7.34. The number of carbonyl (C=O) groups excluding carboxylic acids is 1. The highest BCUT2D eigenvalue weighted by atomic mass is 35.5. The van der Waals surface area contributed by atoms with E-state index in [-0.39, 0.29) is 40.1 Å². The van der Waals surface area contributed by atoms with Crippen LogP contribution in [-0.4, -0.2) is 51.3 Å². The van der Waals surface area contributed by atoms with Gasteiger partial charge in [-0.1, -0.05) is 58.5 Å². The van der Waals surface area contributed by atoms with Gasteiger partial charge in [-0.25, -0.2) is 13.6 Å². The van der Waals surface area contributed by atoms with Crippen molar-refractivity contribution in [2.45, 2.75) is 17.9 Å². The first-order valence-corrected chi connectivity index (χ1v) is 12.6. The van der Waals surface area contributed by atoms with E-state index in [1.54, 1.807) is 16.7 Å². The van der Waals surface area contributed by atoms with E-state index >= 15 is 0 Å². The van der Waals surface area contributed by atoms with E-state index in [2.05, 4.69) is 4.99 Å². The minimum Gasteiger partial charge on any atom is -0.356 e. The van der Waals surface area contributed by atoms with Crippen LogP contribution in [0.5, 0.6) is 0 Å². The number of nitrogens with zero attached hydrogens (tertiary/aromatic N) is 3. The Morgan fingerprint density at radius 3 is 2.00 bits per heavy atom. The number of hydrogen-bond acceptors (Lipinski definition) is 4. The fourth-order valence-corrected chi connectivity index (χ4v) is 4.84. The second-order valence-corrected chi connectivity index (χ2v) is 10.1. The number of alkyl halides is 2. The van der Waals surface area contributed by atoms with Crippen LogP contribution >= 0.6 is 58.2 Å². The third-order valence-corrected chi connectivity index (χ3v) is 6.78. The molecule has 0 bridgehead atoms. The number of hydrogen-bond donors (Lipinski definition) is 0. The van der Waals surface area contributed by atoms with Crippen LogP contribution in [0.4, 0.5) is 13.6 Å². The Bertz CT molecular complexity index is 929. The molecule has 1 amide bonds. The summed E-state index contributed by atoms with van der Waals surface area (Å²) in [6, 6.07) is 8.30. The van der Waals surface area contributed by atoms with Gasteiger partial charge in [-0.3, -0.25) is 0 Å². The molecule has 0 atom stereocenters. The Hall–Kier alpha value is -1.29. The topological polar surface area (TPSA) is 45.1 Å². The van der Waals surface area contributed by atoms with Crippen molar-refractivity contribution < 1.29 is 18.4 Å². The van der Waals surface area contributed by atoms with Gasteiger partial charge in [0.25, 0.3) is 0 Å². The Morgan fingerprint density at radius 2 is 1.55 bits per heavy atom. The smallest absolute Gasteiger partial charge is 0.356 e. The number of carbonyl (C=O) groups is 1. The van der Waals surface area contributed by atoms with Crippen molar-refractivity contribution in [1.29, 1.82) is 0 Å². The van der Waals surface area contributed by atoms with E-state index in [0.717, 1.165) is 16.6 Å². The van der Waals surface area contributed by atoms with Crippen LogP contribution in [0.2, 0.25) is 10.0 Å². The normalized spacial score (nSPS) is 14.8. The lowest BCUT2D eigenvalue weighted by Crippen LogP contribution is -2.41. The number of benzene rings is 2. The van der Waals surface area contributed by atoms with Crippen LogP contribution in [0.25, 0.3) is 0 Å². The number of rotatable bonds is 6. The average molecular weight is 557 g/mol. The molecule has 12 heteroatoms. The highest BCUT2D eigenvalue weighted by molar-refractivity contribution is 7.99. The van der Waals surface area contributed by atoms with Crippen molar-refractivity contribution in [3.8, 4) is 0 Å². The Labute approximate surface area is 214 Å². The molecule has 2 aromatic carbocycles. The standard InChI is InChI=1S/C21H19Cl4F2N3O2S/c22-15-3-1-5-17(26)13(15)11-30(12-14-16(23)4-2-6-18(14)27)32-21(31)28-20(19(24)25)29-7-9-33-10-8-29/h1-6,19H,7-12H2. The number of amidine groups is 1. The second kappa shape index (κ2) is 12.4. The molecule has 0 aromatic heterocycles. The molecule has 3 rings (SSSR count). The maximum atomic E-state index is 14.4. The summed E-state index contributed by atoms with van der Waals surface area (Å²) in [6.07, 6.45) is -1.05. The lowest BCUT2D eigenvalue weighted by atomic mass is 10.1. The molecular weight excluding hydrogens is 538 g/mol. The first kappa shape index (κ1) is 26.3. The van der Waals surface area contributed by atoms with E-state index in [1.807, 2.05) is 0 Å². The van der Waals surface area contributed by atoms with Crippen LogP contribution in [0.1, 0.15) is 11.1 Å². The minimum absolute atomic E-state index is 0.0595. The summed E-state index contributed by atoms with van der Waals surface area (Å²) < 4.78 is 28.8. The third-order valence-electron chi connectivity index (χ3n) is 4.74. The van der Waals surface area contributed by atoms with Gasteiger partial charge in [-0.15, -0.1) is 5.06 Å². The fraction of sp³-hybridized carbons (Fsp3) is 0.333. The summed E-state index contributed by atoms with van der Waals surface area (Å²) in [5, 5.41) is 1.27. The van der Waals surface area contributed by atoms with Gasteiger partial charge in [0.15, 0.2) is 4.84 Å². The highest BCUT2D eigenvalue weighted by Crippen LogP contribution is 2.25. The lowest BCUT2D eigenvalue weighted by molar-refractivity contribution is -0.112. The second-order valence-electron chi connectivity index (χ2n) is 6.93. The van der Waals surface area contributed by atoms with Gasteiger partial charge in [0.05, 0.1) is 13.1 Å². The van der Waals surface area contributed by atoms with Crippen molar-refractivity contribution in [3.63, 3.8) is 0 Å². The summed E-state index contributed by atoms with van der Waals surface area (Å²) in [5.41, 5.74) is 0.119. The monoisotopic (exact) mass is 555 g/mol. The first-order chi connectivity index (χ1) is 15.8. The summed E-state index contributed by atoms with van der Waals surface area (Å²) in [7, 11) is 0. The molecule has 0 radical (unpaired) electrons. The molecule has 0 N–H and O–H groups in total. The predicted molar refractivity (Wildman–Crippen MR) is 130 cm³/mol. The predicted octanol–water partition coefficient (Wildman–Crippen LogP) is 6.58. The minimum atomic E-state index is -1.06. The maximum absolute atomic E-state index is 14.4. The largest absolute Gasteiger partial charge is 0.454 e. The molecule has 1 aliphatic rings. The Balaban J connectivity index is 1.87. The van der Waals surface area contributed by atoms with Crippen molar-refractivity contribution >= 4 is 70.1 Å². The molecule has 2 aromatic rings. The van der Waals surface area contributed by atoms with Crippen LogP contribution in [0.3, 0.4) is 0 Å². The first-order valence-electron chi connectivity index (χ1n) is 9.78. The number of hydroxylamine groups is 2. The molecule has 0 saturated carbocycles. The van der Waals surface area contributed by atoms with Gasteiger partial charge in [0.1, 0.15) is 17.5 Å². The van der Waals surface area contributed by atoms with E-state index in [0.29, 0.717) is 13.1 Å². The molecule has 33 heavy (non-hydrogen) atoms. The lowest BCUT2D eigenvalue weighted by Gasteiger charge is -2.30. The molecule has 1 aliphatic heterocycles. The maximum Gasteiger partial charge on any atom is 0.454 e. The highest BCUT2D eigenvalue weighted by Gasteiger charge is 2.24. The quantitative estimate of drug-likeness (QED) is 0.174. The molecule has 1 heterocycles. The number of aliphatic imine (C=N–C) groups is 1. The summed E-state index contributed by atoms with van der Waals surface area (Å²) in [5.74, 6) is 0.590. The van der Waals surface area contributed by atoms with Crippen molar-refractivity contribution in [3.05, 3.63) is 69.2 Å². The summed E-state index contributed by atoms with van der Waals surface area (Å²) in [4.78, 5) is 22.7. The van der Waals surface area contributed by atoms with E-state index in [4.69, 9.17) is 51.2 Å². The van der Waals surface area contributed by atoms with Crippen LogP contribution in [0, 0.1) is 11.6 Å². The van der Waals surface area contributed by atoms with E-state index < -0.39 is 22.6 Å². The molecule has 5 nitrogen and oxygen atoms in total. The van der Waals surface area contributed by atoms with Gasteiger partial charge in [0.2, 0.25) is 0 Å². The Morgan fingerprint density at radius 1 is 1.03 bits per heavy atom. The van der Waals surface area contributed by atoms with Crippen LogP contribution < -0.4 is 0 Å². The van der Waals surface area contributed by atoms with Crippen molar-refractivity contribution in [2.24, 2.45) is 4.99 Å². The van der Waals surface area contributed by atoms with Gasteiger partial charge in [-0.05, 0) is 24.3 Å². The molecule has 0 spiro atoms. The zero-order valence-electron chi connectivity index (χ0n) is 17.1. The number of halogens is 6. The fourth-order valence-electron chi connectivity index (χ4n) is 3.11. The van der Waals surface area contributed by atoms with Gasteiger partial charge >= 0.3 is 6.09 Å². The summed E-state index contributed by atoms with van der Waals surface area (Å²) >= 11 is 26.1. The summed E-state index contributed by atoms with van der Waals surface area (Å²) in [6.45, 7) is 0.675. The molecular formula is C21H19Cl4F2N3O2S. The Kier molecular flexibility index (Phi) is 9.91. The zero-order valence-corrected chi connectivity index (χ0v) is 21.0. The van der Waals surface area contributed by atoms with E-state index in [1.165, 1.54) is 36.4 Å². The number of thioether (sulfide) groups is 1. The van der Waals surface area contributed by atoms with Crippen LogP contribution in [0.15, 0.2) is 41.4 Å². The SMILES string of the molecule is O=C(N=C(C(Cl)Cl)N1CCSCC1)ON(Cc1c(F)cccc1Cl)Cc1c(F)cccc1Cl. The molecule has 1 saturated heterocycles. The number of amides is 1. The van der Waals surface area contributed by atoms with Gasteiger partial charge in [0, 0.05) is 45.8 Å². The van der Waals surface area contributed by atoms with Crippen LogP contribution in [-0.2, 0) is 17.9 Å². The molecule has 0 unspecified atom stereocenters. The zero-order chi connectivity index (χ0) is 24.0. The van der Waals surface area contributed by atoms with E-state index in [9.17, 15) is 13.6 Å². The molecule has 1 fully saturated rings. The molecule has 0 aliphatic carbocycles. The average Bonchev–Trinajstić information content (AvgIpc) is 2.77. The van der Waals surface area contributed by atoms with Gasteiger partial charge < -0.3 is 9.74 Å². The van der Waals surface area contributed by atoms with Gasteiger partial charge in [-0.2, -0.15) is 16.8 Å². The van der Waals surface area contributed by atoms with Crippen molar-refractivity contribution in [2.75, 3.05) is 24.6 Å². The van der Waals surface area contributed by atoms with Crippen molar-refractivity contribution in [1.82, 2.24) is 9.96 Å². The molecule has 178 valence electrons.